The molecule has 0 rings (SSSR count). The lowest BCUT2D eigenvalue weighted by atomic mass is 10.0. The van der Waals surface area contributed by atoms with E-state index in [1.807, 2.05) is 24.3 Å². The lowest BCUT2D eigenvalue weighted by Crippen LogP contribution is -2.46. The number of hydrogen-bond acceptors (Lipinski definition) is 5. The summed E-state index contributed by atoms with van der Waals surface area (Å²) in [6.45, 7) is 6.32. The van der Waals surface area contributed by atoms with Gasteiger partial charge in [0, 0.05) is 6.42 Å². The van der Waals surface area contributed by atoms with Crippen molar-refractivity contribution in [2.75, 3.05) is 6.61 Å². The van der Waals surface area contributed by atoms with Crippen molar-refractivity contribution in [2.45, 2.75) is 270 Å². The topological polar surface area (TPSA) is 95.9 Å². The van der Waals surface area contributed by atoms with Crippen molar-refractivity contribution in [3.05, 3.63) is 85.1 Å². The first-order valence-corrected chi connectivity index (χ1v) is 27.4. The SMILES string of the molecule is CC/C=C/C=C/C=C/C=C\CCCCCC(CC(=O)NC(CO)C(O)CCCCCCCCCCCCCCCCC)OC(=O)CCCCCCC/C=C/C=C/C=C/CCCCCCC. The van der Waals surface area contributed by atoms with Crippen LogP contribution in [0.15, 0.2) is 85.1 Å². The van der Waals surface area contributed by atoms with Crippen molar-refractivity contribution in [1.29, 1.82) is 0 Å². The Bertz CT molecular complexity index is 1250. The Kier molecular flexibility index (Phi) is 49.6. The van der Waals surface area contributed by atoms with Crippen molar-refractivity contribution in [1.82, 2.24) is 5.32 Å². The number of unbranched alkanes of at least 4 members (excludes halogenated alkanes) is 27. The molecule has 0 aromatic heterocycles. The van der Waals surface area contributed by atoms with Gasteiger partial charge in [-0.05, 0) is 70.6 Å². The molecule has 65 heavy (non-hydrogen) atoms. The fourth-order valence-corrected chi connectivity index (χ4v) is 7.97. The second-order valence-electron chi connectivity index (χ2n) is 18.4. The Balaban J connectivity index is 4.64. The highest BCUT2D eigenvalue weighted by molar-refractivity contribution is 5.77. The average molecular weight is 906 g/mol. The number of nitrogens with one attached hydrogen (secondary N) is 1. The monoisotopic (exact) mass is 906 g/mol. The van der Waals surface area contributed by atoms with E-state index in [1.165, 1.54) is 109 Å². The summed E-state index contributed by atoms with van der Waals surface area (Å²) in [6.07, 6.45) is 67.8. The average Bonchev–Trinajstić information content (AvgIpc) is 3.30. The maximum absolute atomic E-state index is 13.2. The van der Waals surface area contributed by atoms with Crippen LogP contribution in [0, 0.1) is 0 Å². The quantitative estimate of drug-likeness (QED) is 0.0321. The lowest BCUT2D eigenvalue weighted by molar-refractivity contribution is -0.151. The molecule has 6 heteroatoms. The van der Waals surface area contributed by atoms with Gasteiger partial charge in [0.2, 0.25) is 5.91 Å². The molecular formula is C59H103NO5. The molecule has 0 aromatic carbocycles. The predicted molar refractivity (Wildman–Crippen MR) is 282 cm³/mol. The smallest absolute Gasteiger partial charge is 0.306 e. The van der Waals surface area contributed by atoms with E-state index in [9.17, 15) is 19.8 Å². The minimum Gasteiger partial charge on any atom is -0.462 e. The van der Waals surface area contributed by atoms with Crippen molar-refractivity contribution < 1.29 is 24.5 Å². The number of allylic oxidation sites excluding steroid dienone is 14. The van der Waals surface area contributed by atoms with Crippen LogP contribution in [0.5, 0.6) is 0 Å². The van der Waals surface area contributed by atoms with Crippen LogP contribution in [0.2, 0.25) is 0 Å². The molecule has 3 unspecified atom stereocenters. The van der Waals surface area contributed by atoms with E-state index in [1.54, 1.807) is 0 Å². The number of carbonyl (C=O) groups excluding carboxylic acids is 2. The zero-order valence-electron chi connectivity index (χ0n) is 42.6. The fourth-order valence-electron chi connectivity index (χ4n) is 7.97. The van der Waals surface area contributed by atoms with E-state index in [0.717, 1.165) is 96.3 Å². The van der Waals surface area contributed by atoms with Crippen LogP contribution < -0.4 is 5.32 Å². The second-order valence-corrected chi connectivity index (χ2v) is 18.4. The van der Waals surface area contributed by atoms with Gasteiger partial charge in [0.25, 0.3) is 0 Å². The minimum absolute atomic E-state index is 0.0394. The van der Waals surface area contributed by atoms with Gasteiger partial charge in [-0.1, -0.05) is 254 Å². The van der Waals surface area contributed by atoms with Crippen LogP contribution in [-0.4, -0.2) is 46.9 Å². The van der Waals surface area contributed by atoms with Crippen LogP contribution >= 0.6 is 0 Å². The number of rotatable bonds is 48. The molecule has 0 bridgehead atoms. The Labute approximate surface area is 402 Å². The van der Waals surface area contributed by atoms with E-state index in [0.29, 0.717) is 19.3 Å². The van der Waals surface area contributed by atoms with Crippen LogP contribution in [0.4, 0.5) is 0 Å². The molecule has 0 spiro atoms. The van der Waals surface area contributed by atoms with E-state index < -0.39 is 18.2 Å². The number of ether oxygens (including phenoxy) is 1. The molecule has 3 N–H and O–H groups in total. The van der Waals surface area contributed by atoms with Crippen LogP contribution in [0.1, 0.15) is 252 Å². The third kappa shape index (κ3) is 47.3. The molecule has 0 heterocycles. The molecule has 0 aliphatic carbocycles. The highest BCUT2D eigenvalue weighted by Gasteiger charge is 2.24. The Morgan fingerprint density at radius 1 is 0.462 bits per heavy atom. The van der Waals surface area contributed by atoms with E-state index in [4.69, 9.17) is 4.74 Å². The largest absolute Gasteiger partial charge is 0.462 e. The number of aliphatic hydroxyl groups excluding tert-OH is 2. The first kappa shape index (κ1) is 62.0. The molecule has 6 nitrogen and oxygen atoms in total. The van der Waals surface area contributed by atoms with Gasteiger partial charge in [0.1, 0.15) is 6.10 Å². The molecule has 0 aliphatic heterocycles. The highest BCUT2D eigenvalue weighted by Crippen LogP contribution is 2.17. The van der Waals surface area contributed by atoms with Crippen LogP contribution in [-0.2, 0) is 14.3 Å². The van der Waals surface area contributed by atoms with Gasteiger partial charge >= 0.3 is 5.97 Å². The molecular weight excluding hydrogens is 803 g/mol. The molecule has 1 amide bonds. The standard InChI is InChI=1S/C59H103NO5/c1-4-7-10-13-16-19-22-25-27-28-29-31-34-37-40-43-46-49-52-59(64)65-55(50-47-44-41-38-35-32-24-21-18-15-12-9-6-3)53-58(63)60-56(54-61)57(62)51-48-45-42-39-36-33-30-26-23-20-17-14-11-8-5-2/h9,12,15,18,21-22,24-25,27-29,31-32,35,55-57,61-62H,4-8,10-11,13-14,16-17,19-20,23,26,30,33-34,36-54H2,1-3H3,(H,60,63)/b12-9+,18-15+,24-21+,25-22+,28-27+,31-29+,35-32-. The molecule has 0 saturated heterocycles. The maximum Gasteiger partial charge on any atom is 0.306 e. The van der Waals surface area contributed by atoms with Crippen molar-refractivity contribution >= 4 is 11.9 Å². The Morgan fingerprint density at radius 3 is 1.28 bits per heavy atom. The second kappa shape index (κ2) is 52.0. The van der Waals surface area contributed by atoms with Gasteiger partial charge in [0.05, 0.1) is 25.2 Å². The van der Waals surface area contributed by atoms with Crippen molar-refractivity contribution in [3.63, 3.8) is 0 Å². The van der Waals surface area contributed by atoms with Crippen molar-refractivity contribution in [2.24, 2.45) is 0 Å². The zero-order valence-corrected chi connectivity index (χ0v) is 42.6. The molecule has 0 aliphatic rings. The zero-order chi connectivity index (χ0) is 47.4. The number of carbonyl (C=O) groups is 2. The summed E-state index contributed by atoms with van der Waals surface area (Å²) in [4.78, 5) is 26.2. The number of esters is 1. The highest BCUT2D eigenvalue weighted by atomic mass is 16.5. The van der Waals surface area contributed by atoms with Gasteiger partial charge in [-0.15, -0.1) is 0 Å². The molecule has 0 fully saturated rings. The summed E-state index contributed by atoms with van der Waals surface area (Å²) in [5.41, 5.74) is 0. The molecule has 0 saturated carbocycles. The summed E-state index contributed by atoms with van der Waals surface area (Å²) >= 11 is 0. The van der Waals surface area contributed by atoms with Gasteiger partial charge in [-0.2, -0.15) is 0 Å². The van der Waals surface area contributed by atoms with E-state index in [2.05, 4.69) is 86.8 Å². The summed E-state index contributed by atoms with van der Waals surface area (Å²) in [5, 5.41) is 23.8. The molecule has 0 radical (unpaired) electrons. The first-order chi connectivity index (χ1) is 32.0. The summed E-state index contributed by atoms with van der Waals surface area (Å²) in [7, 11) is 0. The Hall–Kier alpha value is -2.96. The van der Waals surface area contributed by atoms with Crippen molar-refractivity contribution in [3.8, 4) is 0 Å². The third-order valence-electron chi connectivity index (χ3n) is 12.1. The number of amides is 1. The first-order valence-electron chi connectivity index (χ1n) is 27.4. The predicted octanol–water partition coefficient (Wildman–Crippen LogP) is 16.7. The fraction of sp³-hybridized carbons (Fsp3) is 0.729. The van der Waals surface area contributed by atoms with Crippen LogP contribution in [0.3, 0.4) is 0 Å². The summed E-state index contributed by atoms with van der Waals surface area (Å²) in [5.74, 6) is -0.538. The Morgan fingerprint density at radius 2 is 0.831 bits per heavy atom. The lowest BCUT2D eigenvalue weighted by Gasteiger charge is -2.24. The van der Waals surface area contributed by atoms with Gasteiger partial charge in [-0.25, -0.2) is 0 Å². The maximum atomic E-state index is 13.2. The normalized spacial score (nSPS) is 13.9. The summed E-state index contributed by atoms with van der Waals surface area (Å²) < 4.78 is 5.92. The van der Waals surface area contributed by atoms with Gasteiger partial charge < -0.3 is 20.3 Å². The van der Waals surface area contributed by atoms with Gasteiger partial charge in [0.15, 0.2) is 0 Å². The molecule has 0 aromatic rings. The minimum atomic E-state index is -0.807. The molecule has 374 valence electrons. The van der Waals surface area contributed by atoms with E-state index in [-0.39, 0.29) is 24.9 Å². The molecule has 3 atom stereocenters. The van der Waals surface area contributed by atoms with Crippen LogP contribution in [0.25, 0.3) is 0 Å². The number of aliphatic hydroxyl groups is 2. The third-order valence-corrected chi connectivity index (χ3v) is 12.1. The summed E-state index contributed by atoms with van der Waals surface area (Å²) in [6, 6.07) is -0.724. The number of hydrogen-bond donors (Lipinski definition) is 3. The van der Waals surface area contributed by atoms with Gasteiger partial charge in [-0.3, -0.25) is 9.59 Å². The van der Waals surface area contributed by atoms with E-state index >= 15 is 0 Å².